The van der Waals surface area contributed by atoms with Crippen LogP contribution in [-0.2, 0) is 6.18 Å². The van der Waals surface area contributed by atoms with Crippen molar-refractivity contribution in [1.82, 2.24) is 14.4 Å². The maximum atomic E-state index is 12.2. The van der Waals surface area contributed by atoms with E-state index in [-0.39, 0.29) is 5.92 Å². The summed E-state index contributed by atoms with van der Waals surface area (Å²) < 4.78 is 38.8. The van der Waals surface area contributed by atoms with Crippen LogP contribution in [0, 0.1) is 13.8 Å². The van der Waals surface area contributed by atoms with Crippen LogP contribution in [-0.4, -0.2) is 14.4 Å². The Morgan fingerprint density at radius 1 is 0.889 bits per heavy atom. The molecular formula is C21H26F3N3. The molecule has 0 bridgehead atoms. The molecule has 27 heavy (non-hydrogen) atoms. The normalized spacial score (nSPS) is 11.8. The third-order valence-corrected chi connectivity index (χ3v) is 4.46. The highest BCUT2D eigenvalue weighted by molar-refractivity contribution is 5.44. The molecule has 0 radical (unpaired) electrons. The van der Waals surface area contributed by atoms with Gasteiger partial charge in [0.2, 0.25) is 0 Å². The molecule has 0 saturated heterocycles. The molecule has 3 heterocycles. The highest BCUT2D eigenvalue weighted by Crippen LogP contribution is 2.29. The monoisotopic (exact) mass is 377 g/mol. The molecule has 0 saturated carbocycles. The molecule has 0 unspecified atom stereocenters. The average Bonchev–Trinajstić information content (AvgIpc) is 3.00. The van der Waals surface area contributed by atoms with Crippen molar-refractivity contribution in [2.24, 2.45) is 0 Å². The van der Waals surface area contributed by atoms with E-state index in [0.717, 1.165) is 17.3 Å². The Morgan fingerprint density at radius 3 is 2.00 bits per heavy atom. The molecule has 0 aliphatic carbocycles. The van der Waals surface area contributed by atoms with Gasteiger partial charge in [-0.25, -0.2) is 4.98 Å². The SMILES string of the molecule is Cc1cc(C(F)(F)F)ncc1C(C)C.Cc1cc2nccn2cc1C(C)C. The smallest absolute Gasteiger partial charge is 0.307 e. The van der Waals surface area contributed by atoms with Gasteiger partial charge in [-0.1, -0.05) is 27.7 Å². The van der Waals surface area contributed by atoms with Crippen LogP contribution in [0.3, 0.4) is 0 Å². The maximum absolute atomic E-state index is 12.2. The fraction of sp³-hybridized carbons (Fsp3) is 0.429. The first-order valence-corrected chi connectivity index (χ1v) is 8.97. The number of aryl methyl sites for hydroxylation is 2. The molecule has 0 amide bonds. The third kappa shape index (κ3) is 5.08. The summed E-state index contributed by atoms with van der Waals surface area (Å²) in [4.78, 5) is 7.65. The minimum Gasteiger partial charge on any atom is -0.307 e. The van der Waals surface area contributed by atoms with Crippen LogP contribution in [0.5, 0.6) is 0 Å². The second-order valence-electron chi connectivity index (χ2n) is 7.34. The van der Waals surface area contributed by atoms with E-state index in [1.54, 1.807) is 6.92 Å². The molecule has 0 aromatic carbocycles. The van der Waals surface area contributed by atoms with Gasteiger partial charge in [0.15, 0.2) is 0 Å². The van der Waals surface area contributed by atoms with E-state index in [9.17, 15) is 13.2 Å². The number of hydrogen-bond donors (Lipinski definition) is 0. The van der Waals surface area contributed by atoms with Gasteiger partial charge in [0.05, 0.1) is 0 Å². The minimum atomic E-state index is -4.35. The standard InChI is InChI=1S/C11H14N2.C10H12F3N/c1-8(2)10-7-13-5-4-12-11(13)6-9(10)3;1-6(2)8-5-14-9(4-7(8)3)10(11,12)13/h4-8H,1-3H3;4-6H,1-3H3. The molecule has 0 fully saturated rings. The molecule has 3 rings (SSSR count). The summed E-state index contributed by atoms with van der Waals surface area (Å²) in [6.07, 6.45) is 2.95. The van der Waals surface area contributed by atoms with Gasteiger partial charge in [0.25, 0.3) is 0 Å². The molecule has 3 aromatic heterocycles. The van der Waals surface area contributed by atoms with E-state index < -0.39 is 11.9 Å². The molecule has 0 spiro atoms. The van der Waals surface area contributed by atoms with Crippen molar-refractivity contribution in [3.8, 4) is 0 Å². The molecule has 0 aliphatic rings. The number of fused-ring (bicyclic) bond motifs is 1. The van der Waals surface area contributed by atoms with E-state index in [0.29, 0.717) is 11.5 Å². The first kappa shape index (κ1) is 20.9. The van der Waals surface area contributed by atoms with E-state index >= 15 is 0 Å². The lowest BCUT2D eigenvalue weighted by atomic mass is 10.00. The molecule has 0 N–H and O–H groups in total. The number of nitrogens with zero attached hydrogens (tertiary/aromatic N) is 3. The van der Waals surface area contributed by atoms with Crippen molar-refractivity contribution >= 4 is 5.65 Å². The Kier molecular flexibility index (Phi) is 6.29. The van der Waals surface area contributed by atoms with Gasteiger partial charge >= 0.3 is 6.18 Å². The fourth-order valence-electron chi connectivity index (χ4n) is 3.00. The third-order valence-electron chi connectivity index (χ3n) is 4.46. The summed E-state index contributed by atoms with van der Waals surface area (Å²) in [5.74, 6) is 0.775. The van der Waals surface area contributed by atoms with Crippen molar-refractivity contribution in [2.45, 2.75) is 59.6 Å². The van der Waals surface area contributed by atoms with Crippen molar-refractivity contribution in [3.05, 3.63) is 64.9 Å². The lowest BCUT2D eigenvalue weighted by Gasteiger charge is -2.11. The van der Waals surface area contributed by atoms with E-state index in [4.69, 9.17) is 0 Å². The zero-order valence-corrected chi connectivity index (χ0v) is 16.6. The first-order chi connectivity index (χ1) is 12.5. The summed E-state index contributed by atoms with van der Waals surface area (Å²) >= 11 is 0. The lowest BCUT2D eigenvalue weighted by molar-refractivity contribution is -0.141. The van der Waals surface area contributed by atoms with Crippen LogP contribution >= 0.6 is 0 Å². The molecule has 3 aromatic rings. The van der Waals surface area contributed by atoms with Gasteiger partial charge in [0, 0.05) is 24.8 Å². The number of rotatable bonds is 2. The van der Waals surface area contributed by atoms with Gasteiger partial charge in [-0.05, 0) is 60.1 Å². The number of aromatic nitrogens is 3. The number of imidazole rings is 1. The van der Waals surface area contributed by atoms with Gasteiger partial charge in [-0.3, -0.25) is 4.98 Å². The number of halogens is 3. The van der Waals surface area contributed by atoms with Crippen molar-refractivity contribution in [2.75, 3.05) is 0 Å². The number of alkyl halides is 3. The summed E-state index contributed by atoms with van der Waals surface area (Å²) in [6, 6.07) is 3.23. The topological polar surface area (TPSA) is 30.2 Å². The zero-order valence-electron chi connectivity index (χ0n) is 16.6. The minimum absolute atomic E-state index is 0.199. The highest BCUT2D eigenvalue weighted by Gasteiger charge is 2.32. The summed E-state index contributed by atoms with van der Waals surface area (Å²) in [5, 5.41) is 0. The van der Waals surface area contributed by atoms with Crippen LogP contribution in [0.4, 0.5) is 13.2 Å². The Balaban J connectivity index is 0.000000194. The van der Waals surface area contributed by atoms with Gasteiger partial charge in [-0.15, -0.1) is 0 Å². The largest absolute Gasteiger partial charge is 0.433 e. The Hall–Kier alpha value is -2.37. The summed E-state index contributed by atoms with van der Waals surface area (Å²) in [5.41, 5.74) is 4.43. The Bertz CT molecular complexity index is 909. The van der Waals surface area contributed by atoms with Crippen LogP contribution < -0.4 is 0 Å². The average molecular weight is 377 g/mol. The molecule has 0 aliphatic heterocycles. The van der Waals surface area contributed by atoms with Gasteiger partial charge in [0.1, 0.15) is 11.3 Å². The predicted molar refractivity (Wildman–Crippen MR) is 102 cm³/mol. The van der Waals surface area contributed by atoms with Crippen molar-refractivity contribution in [1.29, 1.82) is 0 Å². The Morgan fingerprint density at radius 2 is 1.48 bits per heavy atom. The second-order valence-corrected chi connectivity index (χ2v) is 7.34. The number of pyridine rings is 2. The molecule has 3 nitrogen and oxygen atoms in total. The van der Waals surface area contributed by atoms with E-state index in [1.807, 2.05) is 26.2 Å². The first-order valence-electron chi connectivity index (χ1n) is 8.97. The summed E-state index contributed by atoms with van der Waals surface area (Å²) in [7, 11) is 0. The van der Waals surface area contributed by atoms with Crippen molar-refractivity contribution in [3.63, 3.8) is 0 Å². The van der Waals surface area contributed by atoms with Gasteiger partial charge in [-0.2, -0.15) is 13.2 Å². The van der Waals surface area contributed by atoms with Crippen LogP contribution in [0.2, 0.25) is 0 Å². The second kappa shape index (κ2) is 8.11. The molecule has 146 valence electrons. The van der Waals surface area contributed by atoms with E-state index in [2.05, 4.69) is 47.4 Å². The quantitative estimate of drug-likeness (QED) is 0.525. The summed E-state index contributed by atoms with van der Waals surface area (Å²) in [6.45, 7) is 12.1. The molecule has 6 heteroatoms. The van der Waals surface area contributed by atoms with E-state index in [1.165, 1.54) is 17.3 Å². The fourth-order valence-corrected chi connectivity index (χ4v) is 3.00. The van der Waals surface area contributed by atoms with Crippen LogP contribution in [0.15, 0.2) is 36.9 Å². The maximum Gasteiger partial charge on any atom is 0.433 e. The zero-order chi connectivity index (χ0) is 20.4. The van der Waals surface area contributed by atoms with Crippen LogP contribution in [0.25, 0.3) is 5.65 Å². The lowest BCUT2D eigenvalue weighted by Crippen LogP contribution is -2.09. The van der Waals surface area contributed by atoms with Crippen LogP contribution in [0.1, 0.15) is 67.5 Å². The molecule has 0 atom stereocenters. The Labute approximate surface area is 158 Å². The van der Waals surface area contributed by atoms with Crippen molar-refractivity contribution < 1.29 is 13.2 Å². The predicted octanol–water partition coefficient (Wildman–Crippen LogP) is 6.30. The molecular weight excluding hydrogens is 351 g/mol. The highest BCUT2D eigenvalue weighted by atomic mass is 19.4. The number of hydrogen-bond acceptors (Lipinski definition) is 2. The van der Waals surface area contributed by atoms with Gasteiger partial charge < -0.3 is 4.40 Å².